The van der Waals surface area contributed by atoms with Crippen molar-refractivity contribution in [3.8, 4) is 5.75 Å². The molecule has 1 unspecified atom stereocenters. The van der Waals surface area contributed by atoms with E-state index in [9.17, 15) is 9.90 Å². The molecule has 1 atom stereocenters. The molecule has 1 aliphatic rings. The number of nitrogens with zero attached hydrogens (tertiary/aromatic N) is 2. The van der Waals surface area contributed by atoms with E-state index in [1.165, 1.54) is 0 Å². The van der Waals surface area contributed by atoms with Crippen molar-refractivity contribution in [1.29, 1.82) is 0 Å². The summed E-state index contributed by atoms with van der Waals surface area (Å²) in [6.45, 7) is 5.90. The minimum Gasteiger partial charge on any atom is -0.494 e. The van der Waals surface area contributed by atoms with Crippen LogP contribution in [0.2, 0.25) is 5.02 Å². The normalized spacial score (nSPS) is 16.9. The number of aliphatic carboxylic acids is 1. The predicted molar refractivity (Wildman–Crippen MR) is 105 cm³/mol. The zero-order valence-electron chi connectivity index (χ0n) is 15.7. The van der Waals surface area contributed by atoms with E-state index >= 15 is 0 Å². The van der Waals surface area contributed by atoms with Crippen LogP contribution >= 0.6 is 11.6 Å². The molecule has 2 heterocycles. The number of ether oxygens (including phenoxy) is 1. The molecule has 0 radical (unpaired) electrons. The average molecular weight is 389 g/mol. The number of likely N-dealkylation sites (tertiary alicyclic amines) is 1. The molecular weight excluding hydrogens is 364 g/mol. The van der Waals surface area contributed by atoms with Gasteiger partial charge in [0.15, 0.2) is 0 Å². The highest BCUT2D eigenvalue weighted by atomic mass is 35.5. The van der Waals surface area contributed by atoms with Crippen molar-refractivity contribution in [1.82, 2.24) is 9.88 Å². The Morgan fingerprint density at radius 1 is 1.33 bits per heavy atom. The fourth-order valence-corrected chi connectivity index (χ4v) is 3.79. The van der Waals surface area contributed by atoms with Crippen LogP contribution in [0.3, 0.4) is 0 Å². The lowest BCUT2D eigenvalue weighted by Gasteiger charge is -2.37. The number of halogens is 1. The average Bonchev–Trinajstić information content (AvgIpc) is 2.66. The highest BCUT2D eigenvalue weighted by Gasteiger charge is 2.32. The number of benzene rings is 1. The molecule has 0 saturated carbocycles. The van der Waals surface area contributed by atoms with Crippen molar-refractivity contribution in [2.24, 2.45) is 5.92 Å². The van der Waals surface area contributed by atoms with E-state index < -0.39 is 5.97 Å². The lowest BCUT2D eigenvalue weighted by Crippen LogP contribution is -2.39. The van der Waals surface area contributed by atoms with Crippen LogP contribution in [0, 0.1) is 12.8 Å². The van der Waals surface area contributed by atoms with Gasteiger partial charge in [-0.15, -0.1) is 0 Å². The fourth-order valence-electron chi connectivity index (χ4n) is 3.61. The molecule has 1 aromatic heterocycles. The Kier molecular flexibility index (Phi) is 6.34. The summed E-state index contributed by atoms with van der Waals surface area (Å²) in [5.41, 5.74) is 2.98. The molecule has 1 aliphatic heterocycles. The Labute approximate surface area is 164 Å². The highest BCUT2D eigenvalue weighted by Crippen LogP contribution is 2.38. The van der Waals surface area contributed by atoms with Gasteiger partial charge in [-0.1, -0.05) is 17.7 Å². The van der Waals surface area contributed by atoms with Gasteiger partial charge in [-0.2, -0.15) is 0 Å². The van der Waals surface area contributed by atoms with Crippen molar-refractivity contribution >= 4 is 17.6 Å². The monoisotopic (exact) mass is 388 g/mol. The number of carbonyl (C=O) groups is 1. The van der Waals surface area contributed by atoms with E-state index in [4.69, 9.17) is 16.3 Å². The van der Waals surface area contributed by atoms with Crippen LogP contribution in [0.4, 0.5) is 0 Å². The number of hydrogen-bond acceptors (Lipinski definition) is 4. The second-order valence-corrected chi connectivity index (χ2v) is 7.36. The minimum atomic E-state index is -0.711. The summed E-state index contributed by atoms with van der Waals surface area (Å²) >= 11 is 6.31. The van der Waals surface area contributed by atoms with Gasteiger partial charge in [-0.25, -0.2) is 0 Å². The highest BCUT2D eigenvalue weighted by molar-refractivity contribution is 6.30. The van der Waals surface area contributed by atoms with Crippen LogP contribution in [0.25, 0.3) is 0 Å². The summed E-state index contributed by atoms with van der Waals surface area (Å²) in [4.78, 5) is 18.3. The zero-order chi connectivity index (χ0) is 19.4. The SMILES string of the molecule is CCOc1ccc(Cl)cc1C(c1ccc(C)cn1)N1CCC(C(=O)O)CC1. The Morgan fingerprint density at radius 3 is 2.67 bits per heavy atom. The van der Waals surface area contributed by atoms with Gasteiger partial charge < -0.3 is 9.84 Å². The van der Waals surface area contributed by atoms with Gasteiger partial charge in [-0.05, 0) is 69.6 Å². The smallest absolute Gasteiger partial charge is 0.306 e. The first-order valence-electron chi connectivity index (χ1n) is 9.31. The maximum absolute atomic E-state index is 11.3. The van der Waals surface area contributed by atoms with Gasteiger partial charge in [0.1, 0.15) is 5.75 Å². The standard InChI is InChI=1S/C21H25ClN2O3/c1-3-27-19-7-5-16(22)12-17(19)20(18-6-4-14(2)13-23-18)24-10-8-15(9-11-24)21(25)26/h4-7,12-13,15,20H,3,8-11H2,1-2H3,(H,25,26). The quantitative estimate of drug-likeness (QED) is 0.798. The fraction of sp³-hybridized carbons (Fsp3) is 0.429. The Balaban J connectivity index is 2.00. The van der Waals surface area contributed by atoms with Crippen LogP contribution in [-0.2, 0) is 4.79 Å². The van der Waals surface area contributed by atoms with Crippen LogP contribution in [-0.4, -0.2) is 40.7 Å². The molecule has 3 rings (SSSR count). The zero-order valence-corrected chi connectivity index (χ0v) is 16.4. The van der Waals surface area contributed by atoms with Crippen molar-refractivity contribution in [2.45, 2.75) is 32.7 Å². The molecule has 1 aromatic carbocycles. The van der Waals surface area contributed by atoms with E-state index in [0.717, 1.165) is 22.6 Å². The maximum Gasteiger partial charge on any atom is 0.306 e. The number of rotatable bonds is 6. The van der Waals surface area contributed by atoms with Gasteiger partial charge in [0.25, 0.3) is 0 Å². The van der Waals surface area contributed by atoms with Crippen LogP contribution in [0.1, 0.15) is 42.6 Å². The van der Waals surface area contributed by atoms with E-state index in [1.807, 2.05) is 50.4 Å². The number of carboxylic acids is 1. The molecule has 0 spiro atoms. The Morgan fingerprint density at radius 2 is 2.07 bits per heavy atom. The first-order valence-corrected chi connectivity index (χ1v) is 9.69. The number of pyridine rings is 1. The summed E-state index contributed by atoms with van der Waals surface area (Å²) in [6.07, 6.45) is 3.11. The summed E-state index contributed by atoms with van der Waals surface area (Å²) in [6, 6.07) is 9.60. The third kappa shape index (κ3) is 4.60. The molecule has 144 valence electrons. The molecule has 6 heteroatoms. The van der Waals surface area contributed by atoms with Gasteiger partial charge in [0, 0.05) is 16.8 Å². The molecule has 1 N–H and O–H groups in total. The lowest BCUT2D eigenvalue weighted by molar-refractivity contribution is -0.143. The van der Waals surface area contributed by atoms with Crippen molar-refractivity contribution in [3.63, 3.8) is 0 Å². The van der Waals surface area contributed by atoms with Gasteiger partial charge in [0.05, 0.1) is 24.3 Å². The van der Waals surface area contributed by atoms with E-state index in [0.29, 0.717) is 37.6 Å². The summed E-state index contributed by atoms with van der Waals surface area (Å²) < 4.78 is 5.86. The minimum absolute atomic E-state index is 0.124. The topological polar surface area (TPSA) is 62.7 Å². The Hall–Kier alpha value is -2.11. The molecule has 1 fully saturated rings. The molecule has 0 aliphatic carbocycles. The first kappa shape index (κ1) is 19.6. The summed E-state index contributed by atoms with van der Waals surface area (Å²) in [5, 5.41) is 9.95. The van der Waals surface area contributed by atoms with E-state index in [1.54, 1.807) is 0 Å². The van der Waals surface area contributed by atoms with E-state index in [-0.39, 0.29) is 12.0 Å². The molecular formula is C21H25ClN2O3. The molecule has 2 aromatic rings. The number of aromatic nitrogens is 1. The van der Waals surface area contributed by atoms with Gasteiger partial charge >= 0.3 is 5.97 Å². The molecule has 27 heavy (non-hydrogen) atoms. The number of aryl methyl sites for hydroxylation is 1. The largest absolute Gasteiger partial charge is 0.494 e. The van der Waals surface area contributed by atoms with Crippen LogP contribution < -0.4 is 4.74 Å². The molecule has 5 nitrogen and oxygen atoms in total. The lowest BCUT2D eigenvalue weighted by atomic mass is 9.92. The van der Waals surface area contributed by atoms with Crippen LogP contribution in [0.5, 0.6) is 5.75 Å². The molecule has 0 amide bonds. The molecule has 0 bridgehead atoms. The van der Waals surface area contributed by atoms with Crippen LogP contribution in [0.15, 0.2) is 36.5 Å². The van der Waals surface area contributed by atoms with E-state index in [2.05, 4.69) is 9.88 Å². The van der Waals surface area contributed by atoms with Crippen molar-refractivity contribution in [3.05, 3.63) is 58.4 Å². The summed E-state index contributed by atoms with van der Waals surface area (Å²) in [7, 11) is 0. The third-order valence-corrected chi connectivity index (χ3v) is 5.26. The van der Waals surface area contributed by atoms with Gasteiger partial charge in [0.2, 0.25) is 0 Å². The first-order chi connectivity index (χ1) is 13.0. The second-order valence-electron chi connectivity index (χ2n) is 6.93. The van der Waals surface area contributed by atoms with Gasteiger partial charge in [-0.3, -0.25) is 14.7 Å². The molecule has 1 saturated heterocycles. The van der Waals surface area contributed by atoms with Crippen molar-refractivity contribution < 1.29 is 14.6 Å². The summed E-state index contributed by atoms with van der Waals surface area (Å²) in [5.74, 6) is -0.203. The van der Waals surface area contributed by atoms with Crippen molar-refractivity contribution in [2.75, 3.05) is 19.7 Å². The maximum atomic E-state index is 11.3. The number of hydrogen-bond donors (Lipinski definition) is 1. The second kappa shape index (κ2) is 8.72. The number of carboxylic acid groups (broad SMARTS) is 1. The third-order valence-electron chi connectivity index (χ3n) is 5.02. The number of piperidine rings is 1. The Bertz CT molecular complexity index is 787. The predicted octanol–water partition coefficient (Wildman–Crippen LogP) is 4.33.